The van der Waals surface area contributed by atoms with Gasteiger partial charge in [0.25, 0.3) is 0 Å². The second kappa shape index (κ2) is 4.59. The molecule has 4 heteroatoms. The normalized spacial score (nSPS) is 21.3. The number of morpholine rings is 1. The van der Waals surface area contributed by atoms with E-state index in [-0.39, 0.29) is 11.9 Å². The summed E-state index contributed by atoms with van der Waals surface area (Å²) in [6.45, 7) is 1.90. The van der Waals surface area contributed by atoms with Gasteiger partial charge < -0.3 is 14.8 Å². The first-order chi connectivity index (χ1) is 7.33. The molecule has 1 fully saturated rings. The highest BCUT2D eigenvalue weighted by molar-refractivity contribution is 5.37. The lowest BCUT2D eigenvalue weighted by Crippen LogP contribution is -2.35. The highest BCUT2D eigenvalue weighted by Crippen LogP contribution is 2.28. The van der Waals surface area contributed by atoms with Crippen LogP contribution in [0.25, 0.3) is 0 Å². The van der Waals surface area contributed by atoms with Gasteiger partial charge in [-0.15, -0.1) is 0 Å². The summed E-state index contributed by atoms with van der Waals surface area (Å²) in [4.78, 5) is 0. The number of rotatable bonds is 2. The molecule has 0 aliphatic carbocycles. The minimum Gasteiger partial charge on any atom is -0.496 e. The predicted molar refractivity (Wildman–Crippen MR) is 54.5 cm³/mol. The summed E-state index contributed by atoms with van der Waals surface area (Å²) in [6, 6.07) is 4.72. The Labute approximate surface area is 88.2 Å². The second-order valence-electron chi connectivity index (χ2n) is 3.44. The maximum absolute atomic E-state index is 13.6. The fraction of sp³-hybridized carbons (Fsp3) is 0.455. The highest BCUT2D eigenvalue weighted by Gasteiger charge is 2.22. The molecule has 15 heavy (non-hydrogen) atoms. The summed E-state index contributed by atoms with van der Waals surface area (Å²) in [7, 11) is 1.54. The topological polar surface area (TPSA) is 30.5 Å². The lowest BCUT2D eigenvalue weighted by molar-refractivity contribution is 0.0748. The number of benzene rings is 1. The molecule has 0 amide bonds. The zero-order valence-electron chi connectivity index (χ0n) is 8.63. The minimum absolute atomic E-state index is 0.116. The fourth-order valence-electron chi connectivity index (χ4n) is 1.78. The quantitative estimate of drug-likeness (QED) is 0.804. The van der Waals surface area contributed by atoms with Crippen molar-refractivity contribution in [1.29, 1.82) is 0 Å². The van der Waals surface area contributed by atoms with E-state index in [4.69, 9.17) is 9.47 Å². The van der Waals surface area contributed by atoms with Crippen molar-refractivity contribution >= 4 is 0 Å². The first-order valence-corrected chi connectivity index (χ1v) is 4.96. The molecule has 0 spiro atoms. The van der Waals surface area contributed by atoms with Crippen LogP contribution in [0.3, 0.4) is 0 Å². The highest BCUT2D eigenvalue weighted by atomic mass is 19.1. The number of hydrogen-bond donors (Lipinski definition) is 1. The Kier molecular flexibility index (Phi) is 3.18. The molecule has 0 radical (unpaired) electrons. The van der Waals surface area contributed by atoms with Crippen LogP contribution < -0.4 is 10.1 Å². The SMILES string of the molecule is COc1cccc(F)c1[C@H]1COCCN1. The molecule has 3 nitrogen and oxygen atoms in total. The van der Waals surface area contributed by atoms with Crippen LogP contribution in [0.5, 0.6) is 5.75 Å². The maximum Gasteiger partial charge on any atom is 0.131 e. The lowest BCUT2D eigenvalue weighted by atomic mass is 10.0. The monoisotopic (exact) mass is 211 g/mol. The van der Waals surface area contributed by atoms with Gasteiger partial charge in [-0.05, 0) is 12.1 Å². The van der Waals surface area contributed by atoms with Crippen molar-refractivity contribution in [3.63, 3.8) is 0 Å². The van der Waals surface area contributed by atoms with Crippen molar-refractivity contribution in [1.82, 2.24) is 5.32 Å². The molecule has 82 valence electrons. The van der Waals surface area contributed by atoms with E-state index in [0.29, 0.717) is 24.5 Å². The van der Waals surface area contributed by atoms with E-state index in [0.717, 1.165) is 6.54 Å². The third-order valence-electron chi connectivity index (χ3n) is 2.50. The molecule has 1 atom stereocenters. The van der Waals surface area contributed by atoms with Gasteiger partial charge in [-0.25, -0.2) is 4.39 Å². The molecule has 1 aliphatic heterocycles. The summed E-state index contributed by atoms with van der Waals surface area (Å²) in [5.41, 5.74) is 0.555. The van der Waals surface area contributed by atoms with Crippen LogP contribution in [-0.4, -0.2) is 26.9 Å². The van der Waals surface area contributed by atoms with Crippen molar-refractivity contribution in [3.05, 3.63) is 29.6 Å². The Morgan fingerprint density at radius 3 is 3.07 bits per heavy atom. The van der Waals surface area contributed by atoms with Crippen LogP contribution >= 0.6 is 0 Å². The molecular weight excluding hydrogens is 197 g/mol. The van der Waals surface area contributed by atoms with Crippen LogP contribution in [0.2, 0.25) is 0 Å². The van der Waals surface area contributed by atoms with Crippen LogP contribution in [0.15, 0.2) is 18.2 Å². The summed E-state index contributed by atoms with van der Waals surface area (Å²) >= 11 is 0. The van der Waals surface area contributed by atoms with Crippen LogP contribution in [0, 0.1) is 5.82 Å². The summed E-state index contributed by atoms with van der Waals surface area (Å²) < 4.78 is 24.1. The molecule has 0 saturated carbocycles. The van der Waals surface area contributed by atoms with Crippen LogP contribution in [0.1, 0.15) is 11.6 Å². The van der Waals surface area contributed by atoms with E-state index in [1.165, 1.54) is 6.07 Å². The Morgan fingerprint density at radius 1 is 1.53 bits per heavy atom. The molecule has 1 N–H and O–H groups in total. The van der Waals surface area contributed by atoms with Gasteiger partial charge in [-0.1, -0.05) is 6.07 Å². The first kappa shape index (κ1) is 10.4. The molecule has 2 rings (SSSR count). The predicted octanol–water partition coefficient (Wildman–Crippen LogP) is 1.50. The van der Waals surface area contributed by atoms with Crippen molar-refractivity contribution in [2.45, 2.75) is 6.04 Å². The van der Waals surface area contributed by atoms with E-state index in [1.54, 1.807) is 19.2 Å². The molecule has 0 unspecified atom stereocenters. The van der Waals surface area contributed by atoms with Gasteiger partial charge in [0, 0.05) is 12.1 Å². The lowest BCUT2D eigenvalue weighted by Gasteiger charge is -2.25. The Hall–Kier alpha value is -1.13. The molecule has 0 bridgehead atoms. The van der Waals surface area contributed by atoms with Gasteiger partial charge in [0.15, 0.2) is 0 Å². The number of halogens is 1. The molecule has 1 heterocycles. The third kappa shape index (κ3) is 2.11. The smallest absolute Gasteiger partial charge is 0.131 e. The van der Waals surface area contributed by atoms with Crippen LogP contribution in [0.4, 0.5) is 4.39 Å². The van der Waals surface area contributed by atoms with E-state index in [9.17, 15) is 4.39 Å². The Bertz CT molecular complexity index is 337. The van der Waals surface area contributed by atoms with Gasteiger partial charge >= 0.3 is 0 Å². The van der Waals surface area contributed by atoms with Crippen molar-refractivity contribution < 1.29 is 13.9 Å². The van der Waals surface area contributed by atoms with Gasteiger partial charge in [0.2, 0.25) is 0 Å². The molecule has 1 saturated heterocycles. The van der Waals surface area contributed by atoms with E-state index in [1.807, 2.05) is 0 Å². The molecule has 1 aromatic carbocycles. The third-order valence-corrected chi connectivity index (χ3v) is 2.50. The maximum atomic E-state index is 13.6. The van der Waals surface area contributed by atoms with Crippen molar-refractivity contribution in [2.75, 3.05) is 26.9 Å². The Morgan fingerprint density at radius 2 is 2.40 bits per heavy atom. The zero-order chi connectivity index (χ0) is 10.7. The average molecular weight is 211 g/mol. The number of methoxy groups -OCH3 is 1. The standard InChI is InChI=1S/C11H14FNO2/c1-14-10-4-2-3-8(12)11(10)9-7-15-6-5-13-9/h2-4,9,13H,5-7H2,1H3/t9-/m1/s1. The number of hydrogen-bond acceptors (Lipinski definition) is 3. The second-order valence-corrected chi connectivity index (χ2v) is 3.44. The average Bonchev–Trinajstić information content (AvgIpc) is 2.29. The van der Waals surface area contributed by atoms with E-state index < -0.39 is 0 Å². The summed E-state index contributed by atoms with van der Waals surface area (Å²) in [5.74, 6) is 0.315. The molecule has 0 aromatic heterocycles. The van der Waals surface area contributed by atoms with Gasteiger partial charge in [0.1, 0.15) is 11.6 Å². The fourth-order valence-corrected chi connectivity index (χ4v) is 1.78. The number of nitrogens with one attached hydrogen (secondary N) is 1. The van der Waals surface area contributed by atoms with Crippen molar-refractivity contribution in [2.24, 2.45) is 0 Å². The van der Waals surface area contributed by atoms with Gasteiger partial charge in [-0.2, -0.15) is 0 Å². The summed E-state index contributed by atoms with van der Waals surface area (Å²) in [5, 5.41) is 3.21. The molecule has 1 aromatic rings. The van der Waals surface area contributed by atoms with E-state index in [2.05, 4.69) is 5.32 Å². The zero-order valence-corrected chi connectivity index (χ0v) is 8.63. The van der Waals surface area contributed by atoms with Gasteiger partial charge in [-0.3, -0.25) is 0 Å². The summed E-state index contributed by atoms with van der Waals surface area (Å²) in [6.07, 6.45) is 0. The largest absolute Gasteiger partial charge is 0.496 e. The number of ether oxygens (including phenoxy) is 2. The van der Waals surface area contributed by atoms with Gasteiger partial charge in [0.05, 0.1) is 26.4 Å². The van der Waals surface area contributed by atoms with Crippen molar-refractivity contribution in [3.8, 4) is 5.75 Å². The molecule has 1 aliphatic rings. The minimum atomic E-state index is -0.252. The Balaban J connectivity index is 2.31. The molecular formula is C11H14FNO2. The van der Waals surface area contributed by atoms with Crippen LogP contribution in [-0.2, 0) is 4.74 Å². The first-order valence-electron chi connectivity index (χ1n) is 4.96. The van der Waals surface area contributed by atoms with E-state index >= 15 is 0 Å².